The average Bonchev–Trinajstić information content (AvgIpc) is 2.90. The quantitative estimate of drug-likeness (QED) is 0.571. The number of nitrogen functional groups attached to an aromatic ring is 1. The lowest BCUT2D eigenvalue weighted by molar-refractivity contribution is 0.102. The Morgan fingerprint density at radius 3 is 2.79 bits per heavy atom. The minimum absolute atomic E-state index is 0.190. The fourth-order valence-electron chi connectivity index (χ4n) is 1.52. The molecule has 0 fully saturated rings. The van der Waals surface area contributed by atoms with Crippen molar-refractivity contribution in [3.8, 4) is 0 Å². The van der Waals surface area contributed by atoms with Crippen molar-refractivity contribution >= 4 is 17.4 Å². The number of amides is 1. The molecule has 0 radical (unpaired) electrons. The first-order valence-electron chi connectivity index (χ1n) is 5.79. The third-order valence-corrected chi connectivity index (χ3v) is 2.54. The molecular formula is C12H15N5O2. The average molecular weight is 261 g/mol. The lowest BCUT2D eigenvalue weighted by Crippen LogP contribution is -2.15. The van der Waals surface area contributed by atoms with Gasteiger partial charge in [-0.1, -0.05) is 19.0 Å². The first kappa shape index (κ1) is 13.0. The molecule has 7 nitrogen and oxygen atoms in total. The zero-order valence-corrected chi connectivity index (χ0v) is 10.7. The summed E-state index contributed by atoms with van der Waals surface area (Å²) >= 11 is 0. The van der Waals surface area contributed by atoms with E-state index in [0.717, 1.165) is 5.69 Å². The molecule has 0 aliphatic rings. The van der Waals surface area contributed by atoms with Crippen molar-refractivity contribution < 1.29 is 9.32 Å². The summed E-state index contributed by atoms with van der Waals surface area (Å²) in [6.07, 6.45) is 2.77. The first-order chi connectivity index (χ1) is 9.10. The highest BCUT2D eigenvalue weighted by atomic mass is 16.5. The van der Waals surface area contributed by atoms with Gasteiger partial charge < -0.3 is 15.3 Å². The SMILES string of the molecule is CC(C)c1cc(C(=O)Nc2cnoc2)cc(NN)n1. The van der Waals surface area contributed by atoms with E-state index in [4.69, 9.17) is 5.84 Å². The van der Waals surface area contributed by atoms with Crippen molar-refractivity contribution in [3.05, 3.63) is 35.9 Å². The molecule has 2 aromatic rings. The normalized spacial score (nSPS) is 10.5. The van der Waals surface area contributed by atoms with E-state index in [-0.39, 0.29) is 11.8 Å². The van der Waals surface area contributed by atoms with Gasteiger partial charge in [0, 0.05) is 11.3 Å². The molecule has 19 heavy (non-hydrogen) atoms. The number of pyridine rings is 1. The van der Waals surface area contributed by atoms with E-state index in [1.807, 2.05) is 13.8 Å². The van der Waals surface area contributed by atoms with E-state index in [9.17, 15) is 4.79 Å². The number of carbonyl (C=O) groups is 1. The van der Waals surface area contributed by atoms with E-state index in [0.29, 0.717) is 17.1 Å². The maximum absolute atomic E-state index is 12.1. The van der Waals surface area contributed by atoms with E-state index in [1.165, 1.54) is 12.5 Å². The van der Waals surface area contributed by atoms with Crippen molar-refractivity contribution in [2.45, 2.75) is 19.8 Å². The Bertz CT molecular complexity index is 566. The number of nitrogens with one attached hydrogen (secondary N) is 2. The second kappa shape index (κ2) is 5.49. The van der Waals surface area contributed by atoms with Gasteiger partial charge >= 0.3 is 0 Å². The molecule has 2 rings (SSSR count). The molecule has 0 saturated heterocycles. The standard InChI is InChI=1S/C12H15N5O2/c1-7(2)10-3-8(4-11(16-10)17-13)12(18)15-9-5-14-19-6-9/h3-7H,13H2,1-2H3,(H,15,18)(H,16,17). The van der Waals surface area contributed by atoms with Crippen LogP contribution in [-0.2, 0) is 0 Å². The Kier molecular flexibility index (Phi) is 3.76. The summed E-state index contributed by atoms with van der Waals surface area (Å²) in [5.41, 5.74) is 4.20. The monoisotopic (exact) mass is 261 g/mol. The van der Waals surface area contributed by atoms with Gasteiger partial charge in [-0.15, -0.1) is 0 Å². The van der Waals surface area contributed by atoms with E-state index in [1.54, 1.807) is 12.1 Å². The Morgan fingerprint density at radius 2 is 2.21 bits per heavy atom. The third-order valence-electron chi connectivity index (χ3n) is 2.54. The number of hydrogen-bond acceptors (Lipinski definition) is 6. The van der Waals surface area contributed by atoms with Crippen LogP contribution in [0.3, 0.4) is 0 Å². The van der Waals surface area contributed by atoms with Crippen LogP contribution in [0.4, 0.5) is 11.5 Å². The van der Waals surface area contributed by atoms with Crippen LogP contribution in [0.15, 0.2) is 29.1 Å². The predicted octanol–water partition coefficient (Wildman–Crippen LogP) is 1.73. The lowest BCUT2D eigenvalue weighted by atomic mass is 10.1. The highest BCUT2D eigenvalue weighted by Gasteiger charge is 2.12. The van der Waals surface area contributed by atoms with Crippen LogP contribution in [0.1, 0.15) is 35.8 Å². The molecule has 1 amide bonds. The Morgan fingerprint density at radius 1 is 1.42 bits per heavy atom. The molecule has 0 spiro atoms. The van der Waals surface area contributed by atoms with Gasteiger partial charge in [0.15, 0.2) is 0 Å². The van der Waals surface area contributed by atoms with Crippen molar-refractivity contribution in [3.63, 3.8) is 0 Å². The molecule has 0 aromatic carbocycles. The first-order valence-corrected chi connectivity index (χ1v) is 5.79. The van der Waals surface area contributed by atoms with E-state index >= 15 is 0 Å². The zero-order chi connectivity index (χ0) is 13.8. The van der Waals surface area contributed by atoms with Crippen LogP contribution in [0.2, 0.25) is 0 Å². The van der Waals surface area contributed by atoms with Crippen LogP contribution in [-0.4, -0.2) is 16.0 Å². The Balaban J connectivity index is 2.27. The molecule has 2 heterocycles. The lowest BCUT2D eigenvalue weighted by Gasteiger charge is -2.10. The van der Waals surface area contributed by atoms with Gasteiger partial charge in [0.2, 0.25) is 0 Å². The van der Waals surface area contributed by atoms with Gasteiger partial charge in [-0.3, -0.25) is 4.79 Å². The summed E-state index contributed by atoms with van der Waals surface area (Å²) in [6, 6.07) is 3.31. The van der Waals surface area contributed by atoms with Gasteiger partial charge in [-0.05, 0) is 18.1 Å². The van der Waals surface area contributed by atoms with Gasteiger partial charge in [-0.25, -0.2) is 10.8 Å². The molecule has 2 aromatic heterocycles. The number of carbonyl (C=O) groups excluding carboxylic acids is 1. The number of nitrogens with zero attached hydrogens (tertiary/aromatic N) is 2. The van der Waals surface area contributed by atoms with Crippen LogP contribution in [0.5, 0.6) is 0 Å². The topological polar surface area (TPSA) is 106 Å². The van der Waals surface area contributed by atoms with Gasteiger partial charge in [0.25, 0.3) is 5.91 Å². The molecule has 0 bridgehead atoms. The summed E-state index contributed by atoms with van der Waals surface area (Å²) in [5, 5.41) is 6.18. The van der Waals surface area contributed by atoms with Crippen LogP contribution in [0, 0.1) is 0 Å². The molecule has 4 N–H and O–H groups in total. The number of hydrazine groups is 1. The number of aromatic nitrogens is 2. The third kappa shape index (κ3) is 3.08. The summed E-state index contributed by atoms with van der Waals surface area (Å²) < 4.78 is 4.65. The second-order valence-corrected chi connectivity index (χ2v) is 4.33. The van der Waals surface area contributed by atoms with Gasteiger partial charge in [-0.2, -0.15) is 0 Å². The van der Waals surface area contributed by atoms with E-state index < -0.39 is 0 Å². The maximum Gasteiger partial charge on any atom is 0.255 e. The van der Waals surface area contributed by atoms with Crippen molar-refractivity contribution in [2.75, 3.05) is 10.7 Å². The van der Waals surface area contributed by atoms with Crippen LogP contribution < -0.4 is 16.6 Å². The highest BCUT2D eigenvalue weighted by Crippen LogP contribution is 2.18. The zero-order valence-electron chi connectivity index (χ0n) is 10.7. The molecule has 0 unspecified atom stereocenters. The Hall–Kier alpha value is -2.41. The van der Waals surface area contributed by atoms with Crippen molar-refractivity contribution in [1.82, 2.24) is 10.1 Å². The molecular weight excluding hydrogens is 246 g/mol. The summed E-state index contributed by atoms with van der Waals surface area (Å²) in [4.78, 5) is 16.4. The fraction of sp³-hybridized carbons (Fsp3) is 0.250. The molecule has 0 aliphatic carbocycles. The highest BCUT2D eigenvalue weighted by molar-refractivity contribution is 6.04. The molecule has 0 saturated carbocycles. The molecule has 7 heteroatoms. The maximum atomic E-state index is 12.1. The largest absolute Gasteiger partial charge is 0.363 e. The van der Waals surface area contributed by atoms with Crippen molar-refractivity contribution in [1.29, 1.82) is 0 Å². The minimum atomic E-state index is -0.274. The minimum Gasteiger partial charge on any atom is -0.363 e. The predicted molar refractivity (Wildman–Crippen MR) is 70.6 cm³/mol. The van der Waals surface area contributed by atoms with Crippen molar-refractivity contribution in [2.24, 2.45) is 5.84 Å². The fourth-order valence-corrected chi connectivity index (χ4v) is 1.52. The summed E-state index contributed by atoms with van der Waals surface area (Å²) in [7, 11) is 0. The van der Waals surface area contributed by atoms with Gasteiger partial charge in [0.1, 0.15) is 17.8 Å². The Labute approximate surface area is 110 Å². The van der Waals surface area contributed by atoms with E-state index in [2.05, 4.69) is 25.4 Å². The van der Waals surface area contributed by atoms with Crippen LogP contribution >= 0.6 is 0 Å². The molecule has 100 valence electrons. The summed E-state index contributed by atoms with van der Waals surface area (Å²) in [6.45, 7) is 3.98. The number of hydrogen-bond donors (Lipinski definition) is 3. The second-order valence-electron chi connectivity index (χ2n) is 4.33. The van der Waals surface area contributed by atoms with Gasteiger partial charge in [0.05, 0.1) is 6.20 Å². The molecule has 0 atom stereocenters. The summed E-state index contributed by atoms with van der Waals surface area (Å²) in [5.74, 6) is 5.72. The number of rotatable bonds is 4. The number of anilines is 2. The molecule has 0 aliphatic heterocycles. The number of nitrogens with two attached hydrogens (primary N) is 1. The van der Waals surface area contributed by atoms with Crippen LogP contribution in [0.25, 0.3) is 0 Å². The smallest absolute Gasteiger partial charge is 0.255 e.